The number of hydrogen-bond donors (Lipinski definition) is 0. The fraction of sp³-hybridized carbons (Fsp3) is 0.444. The summed E-state index contributed by atoms with van der Waals surface area (Å²) >= 11 is 0. The van der Waals surface area contributed by atoms with Crippen LogP contribution in [0.1, 0.15) is 84.1 Å². The quantitative estimate of drug-likeness (QED) is 0.521. The van der Waals surface area contributed by atoms with E-state index in [2.05, 4.69) is 104 Å². The van der Waals surface area contributed by atoms with Crippen molar-refractivity contribution in [3.05, 3.63) is 70.6 Å². The van der Waals surface area contributed by atoms with Crippen molar-refractivity contribution >= 4 is 6.08 Å². The highest BCUT2D eigenvalue weighted by Gasteiger charge is 2.23. The Hall–Kier alpha value is -1.82. The van der Waals surface area contributed by atoms with Crippen molar-refractivity contribution in [2.45, 2.75) is 72.6 Å². The molecule has 2 aromatic carbocycles. The van der Waals surface area contributed by atoms with Gasteiger partial charge in [-0.15, -0.1) is 0 Å². The van der Waals surface area contributed by atoms with E-state index in [1.807, 2.05) is 0 Å². The molecule has 0 spiro atoms. The molecule has 0 nitrogen and oxygen atoms in total. The van der Waals surface area contributed by atoms with Crippen LogP contribution < -0.4 is 0 Å². The molecule has 0 aliphatic heterocycles. The molecule has 1 radical (unpaired) electrons. The third kappa shape index (κ3) is 4.37. The van der Waals surface area contributed by atoms with E-state index in [1.165, 1.54) is 39.0 Å². The lowest BCUT2D eigenvalue weighted by atomic mass is 9.78. The lowest BCUT2D eigenvalue weighted by Crippen LogP contribution is -2.16. The van der Waals surface area contributed by atoms with Crippen LogP contribution in [0.25, 0.3) is 17.2 Å². The van der Waals surface area contributed by atoms with Crippen molar-refractivity contribution in [1.82, 2.24) is 0 Å². The summed E-state index contributed by atoms with van der Waals surface area (Å²) in [5, 5.41) is 0. The molecule has 0 heteroatoms. The van der Waals surface area contributed by atoms with Crippen molar-refractivity contribution < 1.29 is 0 Å². The Kier molecular flexibility index (Phi) is 5.14. The summed E-state index contributed by atoms with van der Waals surface area (Å²) in [5.74, 6) is 0.682. The van der Waals surface area contributed by atoms with Gasteiger partial charge < -0.3 is 0 Å². The van der Waals surface area contributed by atoms with Crippen LogP contribution in [0.4, 0.5) is 0 Å². The zero-order chi connectivity index (χ0) is 20.0. The molecule has 0 saturated carbocycles. The van der Waals surface area contributed by atoms with Gasteiger partial charge in [0.15, 0.2) is 0 Å². The topological polar surface area (TPSA) is 0 Å². The first-order valence-electron chi connectivity index (χ1n) is 10.3. The number of allylic oxidation sites excluding steroid dienone is 1. The van der Waals surface area contributed by atoms with Gasteiger partial charge >= 0.3 is 0 Å². The molecule has 3 rings (SSSR count). The lowest BCUT2D eigenvalue weighted by Gasteiger charge is -2.26. The average Bonchev–Trinajstić information content (AvgIpc) is 2.94. The second-order valence-corrected chi connectivity index (χ2v) is 10.6. The van der Waals surface area contributed by atoms with Gasteiger partial charge in [0.2, 0.25) is 0 Å². The predicted octanol–water partition coefficient (Wildman–Crippen LogP) is 7.94. The van der Waals surface area contributed by atoms with E-state index < -0.39 is 0 Å². The summed E-state index contributed by atoms with van der Waals surface area (Å²) in [7, 11) is 0. The fourth-order valence-electron chi connectivity index (χ4n) is 3.79. The first-order valence-corrected chi connectivity index (χ1v) is 10.3. The fourth-order valence-corrected chi connectivity index (χ4v) is 3.79. The normalized spacial score (nSPS) is 14.5. The van der Waals surface area contributed by atoms with Crippen LogP contribution in [0.2, 0.25) is 0 Å². The monoisotopic (exact) mass is 359 g/mol. The molecule has 2 aromatic rings. The van der Waals surface area contributed by atoms with Gasteiger partial charge in [-0.1, -0.05) is 103 Å². The average molecular weight is 360 g/mol. The van der Waals surface area contributed by atoms with E-state index in [0.717, 1.165) is 6.42 Å². The van der Waals surface area contributed by atoms with Gasteiger partial charge in [-0.2, -0.15) is 0 Å². The lowest BCUT2D eigenvalue weighted by molar-refractivity contribution is 0.569. The Morgan fingerprint density at radius 2 is 1.41 bits per heavy atom. The highest BCUT2D eigenvalue weighted by Crippen LogP contribution is 2.40. The van der Waals surface area contributed by atoms with Crippen molar-refractivity contribution in [2.75, 3.05) is 0 Å². The van der Waals surface area contributed by atoms with E-state index in [9.17, 15) is 0 Å². The summed E-state index contributed by atoms with van der Waals surface area (Å²) in [6.07, 6.45) is 5.92. The third-order valence-electron chi connectivity index (χ3n) is 5.43. The Balaban J connectivity index is 2.16. The molecule has 143 valence electrons. The second kappa shape index (κ2) is 6.97. The molecule has 1 aliphatic rings. The van der Waals surface area contributed by atoms with Crippen LogP contribution in [0.5, 0.6) is 0 Å². The third-order valence-corrected chi connectivity index (χ3v) is 5.43. The van der Waals surface area contributed by atoms with Gasteiger partial charge in [0.25, 0.3) is 0 Å². The van der Waals surface area contributed by atoms with Crippen LogP contribution in [0.3, 0.4) is 0 Å². The number of rotatable bonds is 3. The highest BCUT2D eigenvalue weighted by molar-refractivity contribution is 5.83. The molecular weight excluding hydrogens is 324 g/mol. The first kappa shape index (κ1) is 19.9. The number of benzene rings is 2. The molecule has 0 amide bonds. The summed E-state index contributed by atoms with van der Waals surface area (Å²) in [4.78, 5) is 0. The summed E-state index contributed by atoms with van der Waals surface area (Å²) in [6, 6.07) is 13.9. The van der Waals surface area contributed by atoms with Gasteiger partial charge in [-0.3, -0.25) is 0 Å². The summed E-state index contributed by atoms with van der Waals surface area (Å²) < 4.78 is 0. The van der Waals surface area contributed by atoms with Crippen molar-refractivity contribution in [3.8, 4) is 11.1 Å². The van der Waals surface area contributed by atoms with E-state index in [1.54, 1.807) is 0 Å². The molecule has 0 bridgehead atoms. The predicted molar refractivity (Wildman–Crippen MR) is 120 cm³/mol. The maximum absolute atomic E-state index is 2.41. The second-order valence-electron chi connectivity index (χ2n) is 10.6. The van der Waals surface area contributed by atoms with Crippen LogP contribution in [-0.2, 0) is 10.8 Å². The number of fused-ring (bicyclic) bond motifs is 1. The maximum atomic E-state index is 2.41. The molecular formula is C27H35. The van der Waals surface area contributed by atoms with E-state index in [-0.39, 0.29) is 10.8 Å². The Labute approximate surface area is 166 Å². The van der Waals surface area contributed by atoms with Gasteiger partial charge in [0.05, 0.1) is 0 Å². The van der Waals surface area contributed by atoms with Gasteiger partial charge in [0, 0.05) is 6.42 Å². The van der Waals surface area contributed by atoms with Crippen LogP contribution in [0.15, 0.2) is 42.0 Å². The smallest absolute Gasteiger partial charge is 0.0164 e. The van der Waals surface area contributed by atoms with Crippen LogP contribution >= 0.6 is 0 Å². The highest BCUT2D eigenvalue weighted by atomic mass is 14.3. The van der Waals surface area contributed by atoms with Crippen molar-refractivity contribution in [3.63, 3.8) is 0 Å². The Bertz CT molecular complexity index is 832. The Morgan fingerprint density at radius 1 is 0.815 bits per heavy atom. The number of hydrogen-bond acceptors (Lipinski definition) is 0. The largest absolute Gasteiger partial charge is 0.0625 e. The first-order chi connectivity index (χ1) is 12.4. The van der Waals surface area contributed by atoms with Gasteiger partial charge in [0.1, 0.15) is 0 Å². The zero-order valence-electron chi connectivity index (χ0n) is 18.4. The van der Waals surface area contributed by atoms with Crippen molar-refractivity contribution in [2.24, 2.45) is 5.92 Å². The van der Waals surface area contributed by atoms with Crippen molar-refractivity contribution in [1.29, 1.82) is 0 Å². The minimum absolute atomic E-state index is 0.138. The SMILES string of the molecule is CC(C)CC1=Cc2c(cccc2-c2cc(C(C)(C)C)cc(C(C)(C)C)c2)[CH]1. The summed E-state index contributed by atoms with van der Waals surface area (Å²) in [6.45, 7) is 18.4. The van der Waals surface area contributed by atoms with Gasteiger partial charge in [-0.25, -0.2) is 0 Å². The molecule has 0 N–H and O–H groups in total. The molecule has 0 atom stereocenters. The molecule has 1 aliphatic carbocycles. The minimum atomic E-state index is 0.138. The van der Waals surface area contributed by atoms with Crippen LogP contribution in [-0.4, -0.2) is 0 Å². The maximum Gasteiger partial charge on any atom is 0.0164 e. The molecule has 0 heterocycles. The molecule has 0 saturated heterocycles. The standard InChI is InChI=1S/C27H35/c1-18(2)12-19-13-20-10-9-11-24(25(20)14-19)21-15-22(26(3,4)5)17-23(16-21)27(6,7)8/h9-11,13-18H,12H2,1-8H3. The summed E-state index contributed by atoms with van der Waals surface area (Å²) in [5.41, 5.74) is 10.0. The zero-order valence-corrected chi connectivity index (χ0v) is 18.4. The molecule has 27 heavy (non-hydrogen) atoms. The van der Waals surface area contributed by atoms with E-state index in [4.69, 9.17) is 0 Å². The Morgan fingerprint density at radius 3 is 1.93 bits per heavy atom. The molecule has 0 aromatic heterocycles. The van der Waals surface area contributed by atoms with Crippen LogP contribution in [0, 0.1) is 12.3 Å². The molecule has 0 fully saturated rings. The van der Waals surface area contributed by atoms with Gasteiger partial charge in [-0.05, 0) is 56.5 Å². The van der Waals surface area contributed by atoms with E-state index in [0.29, 0.717) is 5.92 Å². The molecule has 0 unspecified atom stereocenters. The van der Waals surface area contributed by atoms with E-state index >= 15 is 0 Å². The minimum Gasteiger partial charge on any atom is -0.0625 e.